The molecule has 1 atom stereocenters. The highest BCUT2D eigenvalue weighted by Crippen LogP contribution is 2.28. The molecule has 0 aliphatic rings. The average Bonchev–Trinajstić information content (AvgIpc) is 2.72. The molecule has 142 valence electrons. The van der Waals surface area contributed by atoms with Gasteiger partial charge in [-0.05, 0) is 35.4 Å². The van der Waals surface area contributed by atoms with Crippen LogP contribution in [0.3, 0.4) is 0 Å². The average molecular weight is 378 g/mol. The van der Waals surface area contributed by atoms with Crippen molar-refractivity contribution in [3.8, 4) is 11.5 Å². The van der Waals surface area contributed by atoms with Crippen LogP contribution in [0, 0.1) is 10.1 Å². The quantitative estimate of drug-likeness (QED) is 0.501. The van der Waals surface area contributed by atoms with E-state index in [4.69, 9.17) is 4.74 Å². The lowest BCUT2D eigenvalue weighted by Gasteiger charge is -2.20. The molecular weight excluding hydrogens is 360 g/mol. The number of carbonyl (C=O) groups excluding carboxylic acids is 1. The minimum atomic E-state index is -0.707. The summed E-state index contributed by atoms with van der Waals surface area (Å²) in [5.74, 6) is -0.324. The van der Waals surface area contributed by atoms with Crippen LogP contribution in [-0.4, -0.2) is 23.0 Å². The Bertz CT molecular complexity index is 987. The van der Waals surface area contributed by atoms with Crippen LogP contribution in [0.2, 0.25) is 0 Å². The van der Waals surface area contributed by atoms with E-state index >= 15 is 0 Å². The van der Waals surface area contributed by atoms with E-state index in [9.17, 15) is 20.0 Å². The lowest BCUT2D eigenvalue weighted by atomic mass is 9.98. The first-order valence-electron chi connectivity index (χ1n) is 8.46. The maximum Gasteiger partial charge on any atom is 0.310 e. The molecule has 0 saturated heterocycles. The van der Waals surface area contributed by atoms with Gasteiger partial charge in [0.1, 0.15) is 5.75 Å². The normalized spacial score (nSPS) is 11.5. The molecule has 0 aliphatic carbocycles. The Morgan fingerprint density at radius 3 is 2.25 bits per heavy atom. The largest absolute Gasteiger partial charge is 0.502 e. The number of rotatable bonds is 6. The summed E-state index contributed by atoms with van der Waals surface area (Å²) >= 11 is 0. The van der Waals surface area contributed by atoms with E-state index in [1.165, 1.54) is 6.07 Å². The van der Waals surface area contributed by atoms with Gasteiger partial charge in [-0.2, -0.15) is 0 Å². The summed E-state index contributed by atoms with van der Waals surface area (Å²) in [5.41, 5.74) is 1.38. The predicted molar refractivity (Wildman–Crippen MR) is 104 cm³/mol. The molecule has 0 aromatic heterocycles. The zero-order chi connectivity index (χ0) is 20.1. The highest BCUT2D eigenvalue weighted by Gasteiger charge is 2.20. The Labute approximate surface area is 161 Å². The zero-order valence-electron chi connectivity index (χ0n) is 15.0. The molecule has 0 radical (unpaired) electrons. The van der Waals surface area contributed by atoms with Crippen molar-refractivity contribution >= 4 is 11.6 Å². The third-order valence-corrected chi connectivity index (χ3v) is 4.29. The summed E-state index contributed by atoms with van der Waals surface area (Å²) in [6.07, 6.45) is 0. The van der Waals surface area contributed by atoms with Crippen molar-refractivity contribution < 1.29 is 19.6 Å². The van der Waals surface area contributed by atoms with Crippen molar-refractivity contribution in [2.45, 2.75) is 6.04 Å². The third-order valence-electron chi connectivity index (χ3n) is 4.29. The number of nitro benzene ring substituents is 1. The van der Waals surface area contributed by atoms with Crippen molar-refractivity contribution in [1.29, 1.82) is 0 Å². The van der Waals surface area contributed by atoms with E-state index in [1.807, 2.05) is 42.5 Å². The Morgan fingerprint density at radius 1 is 1.04 bits per heavy atom. The molecule has 1 amide bonds. The van der Waals surface area contributed by atoms with Gasteiger partial charge >= 0.3 is 5.69 Å². The molecule has 3 rings (SSSR count). The smallest absolute Gasteiger partial charge is 0.310 e. The molecule has 3 aromatic rings. The predicted octanol–water partition coefficient (Wildman–Crippen LogP) is 3.83. The second-order valence-electron chi connectivity index (χ2n) is 6.05. The van der Waals surface area contributed by atoms with E-state index in [0.717, 1.165) is 23.3 Å². The molecule has 2 N–H and O–H groups in total. The van der Waals surface area contributed by atoms with Gasteiger partial charge in [0.25, 0.3) is 5.91 Å². The number of amides is 1. The van der Waals surface area contributed by atoms with Gasteiger partial charge in [-0.3, -0.25) is 14.9 Å². The van der Waals surface area contributed by atoms with Crippen LogP contribution in [0.25, 0.3) is 0 Å². The lowest BCUT2D eigenvalue weighted by Crippen LogP contribution is -2.29. The number of nitrogens with zero attached hydrogens (tertiary/aromatic N) is 1. The van der Waals surface area contributed by atoms with Crippen LogP contribution in [0.5, 0.6) is 11.5 Å². The molecule has 3 aromatic carbocycles. The van der Waals surface area contributed by atoms with Crippen molar-refractivity contribution in [2.75, 3.05) is 7.11 Å². The summed E-state index contributed by atoms with van der Waals surface area (Å²) in [7, 11) is 1.58. The number of nitrogens with one attached hydrogen (secondary N) is 1. The van der Waals surface area contributed by atoms with Crippen LogP contribution in [0.4, 0.5) is 5.69 Å². The number of hydrogen-bond acceptors (Lipinski definition) is 5. The van der Waals surface area contributed by atoms with E-state index in [1.54, 1.807) is 19.2 Å². The van der Waals surface area contributed by atoms with Crippen LogP contribution >= 0.6 is 0 Å². The van der Waals surface area contributed by atoms with Gasteiger partial charge in [0, 0.05) is 11.6 Å². The summed E-state index contributed by atoms with van der Waals surface area (Å²) < 4.78 is 5.18. The first kappa shape index (κ1) is 18.9. The number of benzene rings is 3. The topological polar surface area (TPSA) is 102 Å². The minimum absolute atomic E-state index is 0.123. The van der Waals surface area contributed by atoms with E-state index in [-0.39, 0.29) is 5.56 Å². The first-order valence-corrected chi connectivity index (χ1v) is 8.46. The molecule has 0 fully saturated rings. The number of hydrogen-bond donors (Lipinski definition) is 2. The standard InChI is InChI=1S/C21H18N2O5/c1-28-17-10-7-15(8-11-17)20(14-5-3-2-4-6-14)22-21(25)16-9-12-18(23(26)27)19(24)13-16/h2-13,20,24H,1H3,(H,22,25). The number of ether oxygens (including phenoxy) is 1. The number of phenolic OH excluding ortho intramolecular Hbond substituents is 1. The number of phenols is 1. The first-order chi connectivity index (χ1) is 13.5. The van der Waals surface area contributed by atoms with Crippen molar-refractivity contribution in [3.05, 3.63) is 99.6 Å². The number of methoxy groups -OCH3 is 1. The number of carbonyl (C=O) groups is 1. The second kappa shape index (κ2) is 8.22. The summed E-state index contributed by atoms with van der Waals surface area (Å²) in [6.45, 7) is 0. The maximum atomic E-state index is 12.7. The Hall–Kier alpha value is -3.87. The molecule has 0 aliphatic heterocycles. The number of nitro groups is 1. The van der Waals surface area contributed by atoms with Crippen LogP contribution in [0.15, 0.2) is 72.8 Å². The Kier molecular flexibility index (Phi) is 5.55. The molecule has 0 heterocycles. The van der Waals surface area contributed by atoms with Crippen LogP contribution in [0.1, 0.15) is 27.5 Å². The lowest BCUT2D eigenvalue weighted by molar-refractivity contribution is -0.385. The van der Waals surface area contributed by atoms with Gasteiger partial charge in [0.15, 0.2) is 5.75 Å². The van der Waals surface area contributed by atoms with Crippen molar-refractivity contribution in [1.82, 2.24) is 5.32 Å². The van der Waals surface area contributed by atoms with Gasteiger partial charge in [-0.15, -0.1) is 0 Å². The molecule has 0 spiro atoms. The van der Waals surface area contributed by atoms with E-state index < -0.39 is 28.3 Å². The van der Waals surface area contributed by atoms with Crippen LogP contribution in [-0.2, 0) is 0 Å². The molecule has 28 heavy (non-hydrogen) atoms. The highest BCUT2D eigenvalue weighted by atomic mass is 16.6. The molecule has 7 nitrogen and oxygen atoms in total. The van der Waals surface area contributed by atoms with Gasteiger partial charge in [-0.25, -0.2) is 0 Å². The maximum absolute atomic E-state index is 12.7. The van der Waals surface area contributed by atoms with Gasteiger partial charge in [0.2, 0.25) is 0 Å². The number of aromatic hydroxyl groups is 1. The van der Waals surface area contributed by atoms with Gasteiger partial charge < -0.3 is 15.2 Å². The zero-order valence-corrected chi connectivity index (χ0v) is 15.0. The monoisotopic (exact) mass is 378 g/mol. The van der Waals surface area contributed by atoms with E-state index in [0.29, 0.717) is 5.75 Å². The molecule has 7 heteroatoms. The summed E-state index contributed by atoms with van der Waals surface area (Å²) in [6, 6.07) is 19.8. The molecule has 1 unspecified atom stereocenters. The molecule has 0 saturated carbocycles. The summed E-state index contributed by atoms with van der Waals surface area (Å²) in [4.78, 5) is 22.9. The Balaban J connectivity index is 1.92. The van der Waals surface area contributed by atoms with Crippen LogP contribution < -0.4 is 10.1 Å². The fourth-order valence-corrected chi connectivity index (χ4v) is 2.83. The highest BCUT2D eigenvalue weighted by molar-refractivity contribution is 5.95. The Morgan fingerprint density at radius 2 is 1.68 bits per heavy atom. The SMILES string of the molecule is COc1ccc(C(NC(=O)c2ccc([N+](=O)[O-])c(O)c2)c2ccccc2)cc1. The van der Waals surface area contributed by atoms with E-state index in [2.05, 4.69) is 5.32 Å². The van der Waals surface area contributed by atoms with Crippen molar-refractivity contribution in [3.63, 3.8) is 0 Å². The summed E-state index contributed by atoms with van der Waals surface area (Å²) in [5, 5.41) is 23.6. The van der Waals surface area contributed by atoms with Gasteiger partial charge in [0.05, 0.1) is 18.1 Å². The molecule has 0 bridgehead atoms. The minimum Gasteiger partial charge on any atom is -0.502 e. The van der Waals surface area contributed by atoms with Gasteiger partial charge in [-0.1, -0.05) is 42.5 Å². The fraction of sp³-hybridized carbons (Fsp3) is 0.0952. The van der Waals surface area contributed by atoms with Crippen molar-refractivity contribution in [2.24, 2.45) is 0 Å². The fourth-order valence-electron chi connectivity index (χ4n) is 2.83. The second-order valence-corrected chi connectivity index (χ2v) is 6.05. The molecular formula is C21H18N2O5. The third kappa shape index (κ3) is 4.09.